The molecule has 0 unspecified atom stereocenters. The Kier molecular flexibility index (Phi) is 4.03. The lowest BCUT2D eigenvalue weighted by Crippen LogP contribution is -2.47. The molecular formula is C14H23N5O. The fourth-order valence-electron chi connectivity index (χ4n) is 2.68. The summed E-state index contributed by atoms with van der Waals surface area (Å²) >= 11 is 0. The van der Waals surface area contributed by atoms with E-state index in [1.165, 1.54) is 19.4 Å². The van der Waals surface area contributed by atoms with Gasteiger partial charge >= 0.3 is 0 Å². The molecule has 0 bridgehead atoms. The van der Waals surface area contributed by atoms with Crippen molar-refractivity contribution < 1.29 is 4.74 Å². The van der Waals surface area contributed by atoms with Gasteiger partial charge in [0.2, 0.25) is 0 Å². The summed E-state index contributed by atoms with van der Waals surface area (Å²) in [6.45, 7) is 5.92. The summed E-state index contributed by atoms with van der Waals surface area (Å²) in [4.78, 5) is 13.6. The molecule has 110 valence electrons. The Balaban J connectivity index is 1.61. The van der Waals surface area contributed by atoms with E-state index in [2.05, 4.69) is 19.8 Å². The number of piperazine rings is 1. The standard InChI is InChI=1S/C14H23N5O/c1-20-10-13-16-12(15)8-14(17-13)19-6-4-18(5-7-19)9-11-2-3-11/h8,11H,2-7,9-10H2,1H3,(H2,15,16,17). The zero-order valence-electron chi connectivity index (χ0n) is 12.1. The molecule has 1 aliphatic carbocycles. The number of aromatic nitrogens is 2. The number of anilines is 2. The van der Waals surface area contributed by atoms with Gasteiger partial charge in [0.15, 0.2) is 5.82 Å². The Morgan fingerprint density at radius 3 is 2.65 bits per heavy atom. The van der Waals surface area contributed by atoms with Crippen LogP contribution in [0.2, 0.25) is 0 Å². The van der Waals surface area contributed by atoms with Crippen LogP contribution in [0.1, 0.15) is 18.7 Å². The molecule has 6 heteroatoms. The van der Waals surface area contributed by atoms with E-state index in [1.807, 2.05) is 6.07 Å². The van der Waals surface area contributed by atoms with Crippen molar-refractivity contribution >= 4 is 11.6 Å². The lowest BCUT2D eigenvalue weighted by atomic mass is 10.2. The van der Waals surface area contributed by atoms with E-state index >= 15 is 0 Å². The van der Waals surface area contributed by atoms with Crippen LogP contribution >= 0.6 is 0 Å². The molecule has 1 aromatic heterocycles. The molecule has 0 radical (unpaired) electrons. The van der Waals surface area contributed by atoms with E-state index < -0.39 is 0 Å². The minimum absolute atomic E-state index is 0.402. The minimum atomic E-state index is 0.402. The SMILES string of the molecule is COCc1nc(N)cc(N2CCN(CC3CC3)CC2)n1. The van der Waals surface area contributed by atoms with Gasteiger partial charge in [-0.05, 0) is 18.8 Å². The van der Waals surface area contributed by atoms with Crippen LogP contribution in [-0.4, -0.2) is 54.7 Å². The van der Waals surface area contributed by atoms with Crippen molar-refractivity contribution in [3.05, 3.63) is 11.9 Å². The monoisotopic (exact) mass is 277 g/mol. The van der Waals surface area contributed by atoms with Gasteiger partial charge in [-0.15, -0.1) is 0 Å². The maximum absolute atomic E-state index is 5.85. The van der Waals surface area contributed by atoms with Gasteiger partial charge in [-0.25, -0.2) is 9.97 Å². The maximum Gasteiger partial charge on any atom is 0.158 e. The highest BCUT2D eigenvalue weighted by Gasteiger charge is 2.26. The average Bonchev–Trinajstić information content (AvgIpc) is 3.23. The second-order valence-electron chi connectivity index (χ2n) is 5.73. The van der Waals surface area contributed by atoms with Gasteiger partial charge in [-0.3, -0.25) is 4.90 Å². The third-order valence-corrected chi connectivity index (χ3v) is 3.96. The second kappa shape index (κ2) is 5.93. The Morgan fingerprint density at radius 2 is 2.00 bits per heavy atom. The fraction of sp³-hybridized carbons (Fsp3) is 0.714. The normalized spacial score (nSPS) is 20.4. The molecule has 6 nitrogen and oxygen atoms in total. The van der Waals surface area contributed by atoms with Crippen LogP contribution in [0.5, 0.6) is 0 Å². The summed E-state index contributed by atoms with van der Waals surface area (Å²) in [6.07, 6.45) is 2.84. The number of methoxy groups -OCH3 is 1. The van der Waals surface area contributed by atoms with Gasteiger partial charge in [0.25, 0.3) is 0 Å². The second-order valence-corrected chi connectivity index (χ2v) is 5.73. The molecule has 2 heterocycles. The number of hydrogen-bond acceptors (Lipinski definition) is 6. The average molecular weight is 277 g/mol. The van der Waals surface area contributed by atoms with Gasteiger partial charge in [0.05, 0.1) is 0 Å². The summed E-state index contributed by atoms with van der Waals surface area (Å²) in [7, 11) is 1.64. The van der Waals surface area contributed by atoms with Crippen LogP contribution in [0.4, 0.5) is 11.6 Å². The summed E-state index contributed by atoms with van der Waals surface area (Å²) in [5, 5.41) is 0. The van der Waals surface area contributed by atoms with Crippen LogP contribution in [0.25, 0.3) is 0 Å². The summed E-state index contributed by atoms with van der Waals surface area (Å²) in [5.74, 6) is 3.06. The van der Waals surface area contributed by atoms with E-state index in [-0.39, 0.29) is 0 Å². The van der Waals surface area contributed by atoms with Crippen molar-refractivity contribution in [1.29, 1.82) is 0 Å². The predicted octanol–water partition coefficient (Wildman–Crippen LogP) is 0.737. The third-order valence-electron chi connectivity index (χ3n) is 3.96. The molecule has 1 aromatic rings. The first-order valence-corrected chi connectivity index (χ1v) is 7.34. The Hall–Kier alpha value is -1.40. The molecular weight excluding hydrogens is 254 g/mol. The first-order valence-electron chi connectivity index (χ1n) is 7.34. The number of nitrogens with two attached hydrogens (primary N) is 1. The third kappa shape index (κ3) is 3.37. The molecule has 0 amide bonds. The molecule has 1 saturated heterocycles. The molecule has 1 saturated carbocycles. The quantitative estimate of drug-likeness (QED) is 0.856. The van der Waals surface area contributed by atoms with E-state index in [0.29, 0.717) is 18.2 Å². The molecule has 0 spiro atoms. The van der Waals surface area contributed by atoms with Crippen LogP contribution in [0, 0.1) is 5.92 Å². The Labute approximate surface area is 119 Å². The highest BCUT2D eigenvalue weighted by molar-refractivity contribution is 5.47. The van der Waals surface area contributed by atoms with Gasteiger partial charge in [0.1, 0.15) is 18.2 Å². The number of ether oxygens (including phenoxy) is 1. The maximum atomic E-state index is 5.85. The molecule has 1 aliphatic heterocycles. The first-order chi connectivity index (χ1) is 9.74. The molecule has 3 rings (SSSR count). The summed E-state index contributed by atoms with van der Waals surface area (Å²) in [5.41, 5.74) is 5.85. The zero-order chi connectivity index (χ0) is 13.9. The number of nitrogen functional groups attached to an aromatic ring is 1. The largest absolute Gasteiger partial charge is 0.384 e. The van der Waals surface area contributed by atoms with Gasteiger partial charge in [-0.1, -0.05) is 0 Å². The van der Waals surface area contributed by atoms with E-state index in [4.69, 9.17) is 10.5 Å². The lowest BCUT2D eigenvalue weighted by Gasteiger charge is -2.35. The minimum Gasteiger partial charge on any atom is -0.384 e. The van der Waals surface area contributed by atoms with Crippen LogP contribution in [-0.2, 0) is 11.3 Å². The summed E-state index contributed by atoms with van der Waals surface area (Å²) in [6, 6.07) is 1.86. The smallest absolute Gasteiger partial charge is 0.158 e. The van der Waals surface area contributed by atoms with E-state index in [1.54, 1.807) is 7.11 Å². The van der Waals surface area contributed by atoms with E-state index in [0.717, 1.165) is 37.9 Å². The van der Waals surface area contributed by atoms with Gasteiger partial charge < -0.3 is 15.4 Å². The first kappa shape index (κ1) is 13.6. The number of hydrogen-bond donors (Lipinski definition) is 1. The molecule has 2 aliphatic rings. The van der Waals surface area contributed by atoms with Crippen molar-refractivity contribution in [2.45, 2.75) is 19.4 Å². The molecule has 2 fully saturated rings. The van der Waals surface area contributed by atoms with Crippen LogP contribution in [0.15, 0.2) is 6.07 Å². The van der Waals surface area contributed by atoms with E-state index in [9.17, 15) is 0 Å². The van der Waals surface area contributed by atoms with Gasteiger partial charge in [0, 0.05) is 45.9 Å². The summed E-state index contributed by atoms with van der Waals surface area (Å²) < 4.78 is 5.09. The predicted molar refractivity (Wildman–Crippen MR) is 78.5 cm³/mol. The molecule has 0 atom stereocenters. The van der Waals surface area contributed by atoms with Crippen molar-refractivity contribution in [3.63, 3.8) is 0 Å². The topological polar surface area (TPSA) is 67.5 Å². The Bertz CT molecular complexity index is 455. The highest BCUT2D eigenvalue weighted by atomic mass is 16.5. The van der Waals surface area contributed by atoms with Crippen molar-refractivity contribution in [1.82, 2.24) is 14.9 Å². The van der Waals surface area contributed by atoms with Gasteiger partial charge in [-0.2, -0.15) is 0 Å². The number of nitrogens with zero attached hydrogens (tertiary/aromatic N) is 4. The number of rotatable bonds is 5. The van der Waals surface area contributed by atoms with Crippen LogP contribution in [0.3, 0.4) is 0 Å². The van der Waals surface area contributed by atoms with Crippen molar-refractivity contribution in [2.75, 3.05) is 50.5 Å². The van der Waals surface area contributed by atoms with Crippen molar-refractivity contribution in [2.24, 2.45) is 5.92 Å². The van der Waals surface area contributed by atoms with Crippen LogP contribution < -0.4 is 10.6 Å². The Morgan fingerprint density at radius 1 is 1.25 bits per heavy atom. The van der Waals surface area contributed by atoms with Crippen molar-refractivity contribution in [3.8, 4) is 0 Å². The highest BCUT2D eigenvalue weighted by Crippen LogP contribution is 2.30. The fourth-order valence-corrected chi connectivity index (χ4v) is 2.68. The molecule has 2 N–H and O–H groups in total. The molecule has 0 aromatic carbocycles. The lowest BCUT2D eigenvalue weighted by molar-refractivity contribution is 0.178. The zero-order valence-corrected chi connectivity index (χ0v) is 12.1. The molecule has 20 heavy (non-hydrogen) atoms.